The van der Waals surface area contributed by atoms with Gasteiger partial charge in [-0.25, -0.2) is 4.39 Å². The number of hydrogen-bond acceptors (Lipinski definition) is 6. The van der Waals surface area contributed by atoms with Gasteiger partial charge in [-0.3, -0.25) is 14.6 Å². The van der Waals surface area contributed by atoms with Gasteiger partial charge >= 0.3 is 0 Å². The van der Waals surface area contributed by atoms with Gasteiger partial charge < -0.3 is 19.5 Å². The fourth-order valence-corrected chi connectivity index (χ4v) is 5.93. The number of benzene rings is 3. The molecule has 5 rings (SSSR count). The third-order valence-corrected chi connectivity index (χ3v) is 8.00. The van der Waals surface area contributed by atoms with Crippen LogP contribution in [0.15, 0.2) is 77.8 Å². The number of carbonyl (C=O) groups is 3. The number of halogens is 1. The van der Waals surface area contributed by atoms with Gasteiger partial charge in [-0.15, -0.1) is 0 Å². The number of rotatable bonds is 10. The van der Waals surface area contributed by atoms with Crippen molar-refractivity contribution in [3.05, 3.63) is 89.7 Å². The number of carboxylic acids is 1. The summed E-state index contributed by atoms with van der Waals surface area (Å²) in [6.45, 7) is 2.73. The molecule has 1 aliphatic heterocycles. The summed E-state index contributed by atoms with van der Waals surface area (Å²) in [5.41, 5.74) is 3.27. The van der Waals surface area contributed by atoms with Gasteiger partial charge in [-0.2, -0.15) is 0 Å². The third-order valence-electron chi connectivity index (χ3n) is 8.00. The summed E-state index contributed by atoms with van der Waals surface area (Å²) in [7, 11) is 0. The van der Waals surface area contributed by atoms with E-state index >= 15 is 0 Å². The minimum atomic E-state index is -1.32. The lowest BCUT2D eigenvalue weighted by Crippen LogP contribution is -2.45. The largest absolute Gasteiger partial charge is 0.550 e. The topological polar surface area (TPSA) is 99.1 Å². The first-order valence-corrected chi connectivity index (χ1v) is 14.5. The molecule has 218 valence electrons. The Kier molecular flexibility index (Phi) is 9.10. The summed E-state index contributed by atoms with van der Waals surface area (Å²) >= 11 is 0. The number of hydrogen-bond donors (Lipinski definition) is 0. The molecular formula is C34H34FN2O5-. The number of para-hydroxylation sites is 2. The van der Waals surface area contributed by atoms with Crippen LogP contribution in [-0.2, 0) is 14.4 Å². The molecule has 1 heterocycles. The number of amides is 1. The molecule has 42 heavy (non-hydrogen) atoms. The second kappa shape index (κ2) is 13.1. The van der Waals surface area contributed by atoms with E-state index in [1.807, 2.05) is 30.3 Å². The van der Waals surface area contributed by atoms with E-state index in [0.29, 0.717) is 35.9 Å². The molecule has 1 aliphatic carbocycles. The Morgan fingerprint density at radius 3 is 2.38 bits per heavy atom. The predicted molar refractivity (Wildman–Crippen MR) is 156 cm³/mol. The fraction of sp³-hybridized carbons (Fsp3) is 0.353. The number of aliphatic carboxylic acids is 1. The number of aliphatic imine (C=N–C) groups is 1. The molecule has 8 heteroatoms. The lowest BCUT2D eigenvalue weighted by atomic mass is 9.72. The first kappa shape index (κ1) is 29.2. The van der Waals surface area contributed by atoms with E-state index in [1.54, 1.807) is 35.2 Å². The molecule has 0 N–H and O–H groups in total. The summed E-state index contributed by atoms with van der Waals surface area (Å²) in [6.07, 6.45) is 3.08. The number of ketones is 1. The molecule has 1 amide bonds. The molecule has 0 saturated heterocycles. The summed E-state index contributed by atoms with van der Waals surface area (Å²) in [5, 5.41) is 11.3. The van der Waals surface area contributed by atoms with Crippen LogP contribution in [0, 0.1) is 11.7 Å². The van der Waals surface area contributed by atoms with Crippen molar-refractivity contribution in [2.24, 2.45) is 10.9 Å². The quantitative estimate of drug-likeness (QED) is 0.285. The molecule has 0 radical (unpaired) electrons. The Hall–Kier alpha value is -4.33. The number of fused-ring (bicyclic) bond motifs is 2. The minimum absolute atomic E-state index is 0.0790. The normalized spacial score (nSPS) is 19.8. The first-order chi connectivity index (χ1) is 20.4. The van der Waals surface area contributed by atoms with Gasteiger partial charge in [0.1, 0.15) is 17.3 Å². The molecule has 3 aromatic rings. The molecule has 3 atom stereocenters. The Morgan fingerprint density at radius 2 is 1.67 bits per heavy atom. The number of ether oxygens (including phenoxy) is 1. The van der Waals surface area contributed by atoms with Gasteiger partial charge in [0, 0.05) is 24.5 Å². The number of Topliss-reactive ketones (excluding diaryl/α,β-unsaturated/α-hetero) is 1. The highest BCUT2D eigenvalue weighted by Gasteiger charge is 2.46. The van der Waals surface area contributed by atoms with E-state index in [2.05, 4.69) is 6.92 Å². The second-order valence-corrected chi connectivity index (χ2v) is 10.9. The van der Waals surface area contributed by atoms with E-state index in [1.165, 1.54) is 12.1 Å². The van der Waals surface area contributed by atoms with Gasteiger partial charge in [0.2, 0.25) is 5.91 Å². The van der Waals surface area contributed by atoms with Crippen LogP contribution in [-0.4, -0.2) is 30.0 Å². The van der Waals surface area contributed by atoms with Crippen LogP contribution < -0.4 is 14.7 Å². The van der Waals surface area contributed by atoms with Gasteiger partial charge in [0.15, 0.2) is 0 Å². The SMILES string of the molecule is CCCCCOc1ccc([C@@H]2[C@@H]3C(=O)C[C@H](c4ccc(F)cc4)CC3=Nc3ccccc3N2C(=O)CCC(=O)[O-])cc1. The number of carbonyl (C=O) groups excluding carboxylic acids is 3. The van der Waals surface area contributed by atoms with E-state index in [4.69, 9.17) is 9.73 Å². The van der Waals surface area contributed by atoms with Crippen molar-refractivity contribution in [1.82, 2.24) is 0 Å². The minimum Gasteiger partial charge on any atom is -0.550 e. The van der Waals surface area contributed by atoms with Crippen molar-refractivity contribution in [1.29, 1.82) is 0 Å². The number of anilines is 1. The van der Waals surface area contributed by atoms with E-state index in [-0.39, 0.29) is 30.4 Å². The maximum atomic E-state index is 14.0. The molecule has 1 fully saturated rings. The maximum Gasteiger partial charge on any atom is 0.228 e. The Morgan fingerprint density at radius 1 is 0.952 bits per heavy atom. The van der Waals surface area contributed by atoms with Gasteiger partial charge in [-0.1, -0.05) is 56.2 Å². The zero-order valence-electron chi connectivity index (χ0n) is 23.6. The molecule has 3 aromatic carbocycles. The standard InChI is InChI=1S/C34H35FN2O5/c1-2-3-6-19-42-26-15-11-23(12-16-26)34-33-28(20-24(21-30(33)38)22-9-13-25(35)14-10-22)36-27-7-4-5-8-29(27)37(34)31(39)17-18-32(40)41/h4-5,7-16,24,33-34H,2-3,6,17-21H2,1H3,(H,40,41)/p-1/t24-,33+,34-/m1/s1. The monoisotopic (exact) mass is 569 g/mol. The van der Waals surface area contributed by atoms with Crippen molar-refractivity contribution in [3.63, 3.8) is 0 Å². The molecule has 0 unspecified atom stereocenters. The highest BCUT2D eigenvalue weighted by atomic mass is 19.1. The van der Waals surface area contributed by atoms with E-state index < -0.39 is 30.3 Å². The van der Waals surface area contributed by atoms with Crippen LogP contribution in [0.2, 0.25) is 0 Å². The predicted octanol–water partition coefficient (Wildman–Crippen LogP) is 5.85. The first-order valence-electron chi connectivity index (χ1n) is 14.5. The van der Waals surface area contributed by atoms with Crippen LogP contribution in [0.5, 0.6) is 5.75 Å². The second-order valence-electron chi connectivity index (χ2n) is 10.9. The van der Waals surface area contributed by atoms with Crippen molar-refractivity contribution in [3.8, 4) is 5.75 Å². The summed E-state index contributed by atoms with van der Waals surface area (Å²) in [6, 6.07) is 20.0. The fourth-order valence-electron chi connectivity index (χ4n) is 5.93. The number of carboxylic acid groups (broad SMARTS) is 1. The van der Waals surface area contributed by atoms with Crippen LogP contribution >= 0.6 is 0 Å². The van der Waals surface area contributed by atoms with E-state index in [9.17, 15) is 23.9 Å². The average molecular weight is 570 g/mol. The van der Waals surface area contributed by atoms with Crippen molar-refractivity contribution in [2.45, 2.75) is 63.8 Å². The van der Waals surface area contributed by atoms with Crippen molar-refractivity contribution >= 4 is 34.7 Å². The Balaban J connectivity index is 1.56. The van der Waals surface area contributed by atoms with Gasteiger partial charge in [0.05, 0.1) is 29.9 Å². The number of unbranched alkanes of at least 4 members (excludes halogenated alkanes) is 2. The van der Waals surface area contributed by atoms with E-state index in [0.717, 1.165) is 30.4 Å². The highest BCUT2D eigenvalue weighted by Crippen LogP contribution is 2.47. The van der Waals surface area contributed by atoms with Crippen LogP contribution in [0.3, 0.4) is 0 Å². The third kappa shape index (κ3) is 6.43. The smallest absolute Gasteiger partial charge is 0.228 e. The van der Waals surface area contributed by atoms with Crippen LogP contribution in [0.1, 0.15) is 75.0 Å². The maximum absolute atomic E-state index is 14.0. The van der Waals surface area contributed by atoms with Gasteiger partial charge in [0.25, 0.3) is 0 Å². The van der Waals surface area contributed by atoms with Crippen molar-refractivity contribution in [2.75, 3.05) is 11.5 Å². The zero-order chi connectivity index (χ0) is 29.6. The molecular weight excluding hydrogens is 535 g/mol. The van der Waals surface area contributed by atoms with Crippen LogP contribution in [0.25, 0.3) is 0 Å². The van der Waals surface area contributed by atoms with Gasteiger partial charge in [-0.05, 0) is 72.7 Å². The summed E-state index contributed by atoms with van der Waals surface area (Å²) in [5.74, 6) is -2.40. The molecule has 0 aromatic heterocycles. The lowest BCUT2D eigenvalue weighted by molar-refractivity contribution is -0.305. The molecule has 2 aliphatic rings. The summed E-state index contributed by atoms with van der Waals surface area (Å²) < 4.78 is 19.5. The zero-order valence-corrected chi connectivity index (χ0v) is 23.6. The molecule has 0 spiro atoms. The average Bonchev–Trinajstić information content (AvgIpc) is 3.13. The van der Waals surface area contributed by atoms with Crippen LogP contribution in [0.4, 0.5) is 15.8 Å². The molecule has 7 nitrogen and oxygen atoms in total. The highest BCUT2D eigenvalue weighted by molar-refractivity contribution is 6.13. The molecule has 1 saturated carbocycles. The van der Waals surface area contributed by atoms with Crippen molar-refractivity contribution < 1.29 is 28.6 Å². The Bertz CT molecular complexity index is 1470. The number of nitrogens with zero attached hydrogens (tertiary/aromatic N) is 2. The lowest BCUT2D eigenvalue weighted by Gasteiger charge is -2.39. The summed E-state index contributed by atoms with van der Waals surface area (Å²) in [4.78, 5) is 45.6. The Labute approximate surface area is 245 Å². The molecule has 0 bridgehead atoms.